The summed E-state index contributed by atoms with van der Waals surface area (Å²) in [6.07, 6.45) is -2.73. The van der Waals surface area contributed by atoms with Gasteiger partial charge in [0.1, 0.15) is 0 Å². The fourth-order valence-corrected chi connectivity index (χ4v) is 1.07. The zero-order valence-electron chi connectivity index (χ0n) is 7.49. The molecule has 0 aliphatic carbocycles. The highest BCUT2D eigenvalue weighted by Gasteiger charge is 2.44. The summed E-state index contributed by atoms with van der Waals surface area (Å²) >= 11 is 0. The highest BCUT2D eigenvalue weighted by molar-refractivity contribution is 5.87. The van der Waals surface area contributed by atoms with Crippen LogP contribution in [0.5, 0.6) is 11.5 Å². The number of ether oxygens (including phenoxy) is 3. The number of rotatable bonds is 1. The van der Waals surface area contributed by atoms with Gasteiger partial charge in [-0.25, -0.2) is 9.78 Å². The van der Waals surface area contributed by atoms with E-state index in [1.807, 2.05) is 0 Å². The largest absolute Gasteiger partial charge is 0.586 e. The average Bonchev–Trinajstić information content (AvgIpc) is 2.49. The van der Waals surface area contributed by atoms with Gasteiger partial charge in [-0.05, 0) is 0 Å². The first-order valence-electron chi connectivity index (χ1n) is 3.86. The summed E-state index contributed by atoms with van der Waals surface area (Å²) in [5, 5.41) is 0. The van der Waals surface area contributed by atoms with Crippen LogP contribution in [-0.2, 0) is 4.74 Å². The summed E-state index contributed by atoms with van der Waals surface area (Å²) in [5.41, 5.74) is -0.127. The molecule has 80 valence electrons. The molecule has 0 unspecified atom stereocenters. The number of fused-ring (bicyclic) bond motifs is 1. The second-order valence-electron chi connectivity index (χ2n) is 2.68. The van der Waals surface area contributed by atoms with Gasteiger partial charge in [-0.2, -0.15) is 0 Å². The molecule has 5 nitrogen and oxygen atoms in total. The van der Waals surface area contributed by atoms with Gasteiger partial charge >= 0.3 is 12.3 Å². The second kappa shape index (κ2) is 3.04. The highest BCUT2D eigenvalue weighted by Crippen LogP contribution is 2.40. The molecule has 0 spiro atoms. The lowest BCUT2D eigenvalue weighted by Gasteiger charge is -2.04. The highest BCUT2D eigenvalue weighted by atomic mass is 19.3. The van der Waals surface area contributed by atoms with Crippen LogP contribution in [-0.4, -0.2) is 24.4 Å². The molecule has 0 saturated carbocycles. The van der Waals surface area contributed by atoms with E-state index in [9.17, 15) is 13.6 Å². The Bertz CT molecular complexity index is 421. The number of hydrogen-bond acceptors (Lipinski definition) is 5. The smallest absolute Gasteiger partial charge is 0.464 e. The van der Waals surface area contributed by atoms with Gasteiger partial charge in [0, 0.05) is 6.07 Å². The van der Waals surface area contributed by atoms with Gasteiger partial charge in [0.25, 0.3) is 0 Å². The van der Waals surface area contributed by atoms with Gasteiger partial charge in [0.2, 0.25) is 0 Å². The molecule has 1 aliphatic heterocycles. The number of halogens is 2. The van der Waals surface area contributed by atoms with Crippen LogP contribution < -0.4 is 9.47 Å². The number of aromatic nitrogens is 1. The quantitative estimate of drug-likeness (QED) is 0.661. The molecule has 1 aromatic heterocycles. The summed E-state index contributed by atoms with van der Waals surface area (Å²) in [6, 6.07) is 1.03. The topological polar surface area (TPSA) is 57.7 Å². The van der Waals surface area contributed by atoms with Crippen LogP contribution in [0.1, 0.15) is 10.5 Å². The molecule has 0 radical (unpaired) electrons. The molecule has 1 aliphatic rings. The Labute approximate surface area is 82.6 Å². The van der Waals surface area contributed by atoms with Gasteiger partial charge in [0.05, 0.1) is 13.3 Å². The molecule has 0 amide bonds. The third-order valence-electron chi connectivity index (χ3n) is 1.68. The minimum atomic E-state index is -3.71. The SMILES string of the molecule is COC(=O)c1cc2c(cn1)OC(F)(F)O2. The molecule has 0 N–H and O–H groups in total. The molecule has 0 fully saturated rings. The average molecular weight is 217 g/mol. The Morgan fingerprint density at radius 3 is 2.80 bits per heavy atom. The van der Waals surface area contributed by atoms with Crippen LogP contribution in [0.25, 0.3) is 0 Å². The van der Waals surface area contributed by atoms with E-state index in [0.29, 0.717) is 0 Å². The third kappa shape index (κ3) is 1.67. The van der Waals surface area contributed by atoms with Crippen LogP contribution in [0.3, 0.4) is 0 Å². The Morgan fingerprint density at radius 1 is 1.47 bits per heavy atom. The summed E-state index contributed by atoms with van der Waals surface area (Å²) in [4.78, 5) is 14.6. The van der Waals surface area contributed by atoms with Crippen molar-refractivity contribution in [2.75, 3.05) is 7.11 Å². The fraction of sp³-hybridized carbons (Fsp3) is 0.250. The molecule has 15 heavy (non-hydrogen) atoms. The molecule has 2 rings (SSSR count). The van der Waals surface area contributed by atoms with Crippen molar-refractivity contribution in [2.24, 2.45) is 0 Å². The second-order valence-corrected chi connectivity index (χ2v) is 2.68. The van der Waals surface area contributed by atoms with Crippen molar-refractivity contribution in [2.45, 2.75) is 6.29 Å². The zero-order valence-corrected chi connectivity index (χ0v) is 7.49. The maximum atomic E-state index is 12.6. The van der Waals surface area contributed by atoms with Gasteiger partial charge in [-0.15, -0.1) is 8.78 Å². The standard InChI is InChI=1S/C8H5F2NO4/c1-13-7(12)4-2-5-6(3-11-4)15-8(9,10)14-5/h2-3H,1H3. The van der Waals surface area contributed by atoms with Crippen LogP contribution in [0.15, 0.2) is 12.3 Å². The van der Waals surface area contributed by atoms with Crippen molar-refractivity contribution in [3.63, 3.8) is 0 Å². The van der Waals surface area contributed by atoms with Crippen LogP contribution >= 0.6 is 0 Å². The molecule has 0 bridgehead atoms. The zero-order chi connectivity index (χ0) is 11.1. The number of nitrogens with zero attached hydrogens (tertiary/aromatic N) is 1. The molecule has 1 aromatic rings. The molecular formula is C8H5F2NO4. The van der Waals surface area contributed by atoms with E-state index in [-0.39, 0.29) is 17.2 Å². The van der Waals surface area contributed by atoms with Crippen LogP contribution in [0.2, 0.25) is 0 Å². The summed E-state index contributed by atoms with van der Waals surface area (Å²) in [6.45, 7) is 0. The van der Waals surface area contributed by atoms with E-state index in [4.69, 9.17) is 0 Å². The van der Waals surface area contributed by atoms with Crippen LogP contribution in [0.4, 0.5) is 8.78 Å². The van der Waals surface area contributed by atoms with Crippen molar-refractivity contribution in [3.05, 3.63) is 18.0 Å². The number of carbonyl (C=O) groups excluding carboxylic acids is 1. The first kappa shape index (κ1) is 9.63. The molecular weight excluding hydrogens is 212 g/mol. The van der Waals surface area contributed by atoms with E-state index < -0.39 is 12.3 Å². The Kier molecular flexibility index (Phi) is 1.95. The summed E-state index contributed by atoms with van der Waals surface area (Å²) in [5.74, 6) is -1.19. The first-order valence-corrected chi connectivity index (χ1v) is 3.86. The normalized spacial score (nSPS) is 16.2. The number of alkyl halides is 2. The minimum absolute atomic E-state index is 0.127. The van der Waals surface area contributed by atoms with E-state index in [1.165, 1.54) is 0 Å². The lowest BCUT2D eigenvalue weighted by Crippen LogP contribution is -2.25. The van der Waals surface area contributed by atoms with Crippen molar-refractivity contribution < 1.29 is 27.8 Å². The van der Waals surface area contributed by atoms with E-state index in [2.05, 4.69) is 19.2 Å². The number of hydrogen-bond donors (Lipinski definition) is 0. The number of carbonyl (C=O) groups is 1. The molecule has 0 saturated heterocycles. The predicted molar refractivity (Wildman–Crippen MR) is 41.8 cm³/mol. The van der Waals surface area contributed by atoms with Gasteiger partial charge in [-0.1, -0.05) is 0 Å². The number of methoxy groups -OCH3 is 1. The fourth-order valence-electron chi connectivity index (χ4n) is 1.07. The minimum Gasteiger partial charge on any atom is -0.464 e. The lowest BCUT2D eigenvalue weighted by molar-refractivity contribution is -0.286. The van der Waals surface area contributed by atoms with E-state index in [1.54, 1.807) is 0 Å². The van der Waals surface area contributed by atoms with Crippen LogP contribution in [0, 0.1) is 0 Å². The van der Waals surface area contributed by atoms with Gasteiger partial charge in [0.15, 0.2) is 17.2 Å². The third-order valence-corrected chi connectivity index (χ3v) is 1.68. The van der Waals surface area contributed by atoms with Crippen molar-refractivity contribution >= 4 is 5.97 Å². The maximum Gasteiger partial charge on any atom is 0.586 e. The van der Waals surface area contributed by atoms with Crippen molar-refractivity contribution in [1.82, 2.24) is 4.98 Å². The lowest BCUT2D eigenvalue weighted by atomic mass is 10.3. The summed E-state index contributed by atoms with van der Waals surface area (Å²) < 4.78 is 37.7. The molecule has 2 heterocycles. The maximum absolute atomic E-state index is 12.6. The Hall–Kier alpha value is -1.92. The number of pyridine rings is 1. The Morgan fingerprint density at radius 2 is 2.13 bits per heavy atom. The van der Waals surface area contributed by atoms with E-state index in [0.717, 1.165) is 19.4 Å². The monoisotopic (exact) mass is 217 g/mol. The number of esters is 1. The van der Waals surface area contributed by atoms with Crippen molar-refractivity contribution in [3.8, 4) is 11.5 Å². The van der Waals surface area contributed by atoms with Crippen molar-refractivity contribution in [1.29, 1.82) is 0 Å². The molecule has 0 atom stereocenters. The molecule has 0 aromatic carbocycles. The summed E-state index contributed by atoms with van der Waals surface area (Å²) in [7, 11) is 1.16. The Balaban J connectivity index is 2.34. The van der Waals surface area contributed by atoms with E-state index >= 15 is 0 Å². The molecule has 7 heteroatoms. The van der Waals surface area contributed by atoms with Gasteiger partial charge in [-0.3, -0.25) is 0 Å². The predicted octanol–water partition coefficient (Wildman–Crippen LogP) is 1.19. The first-order chi connectivity index (χ1) is 7.02. The van der Waals surface area contributed by atoms with Gasteiger partial charge < -0.3 is 14.2 Å².